The lowest BCUT2D eigenvalue weighted by atomic mass is 10.2. The summed E-state index contributed by atoms with van der Waals surface area (Å²) in [5.74, 6) is 0. The van der Waals surface area contributed by atoms with Gasteiger partial charge in [0.05, 0.1) is 10.1 Å². The van der Waals surface area contributed by atoms with Crippen LogP contribution in [0.3, 0.4) is 0 Å². The Morgan fingerprint density at radius 3 is 1.08 bits per heavy atom. The number of hydrogen-bond donors (Lipinski definition) is 0. The molecule has 0 saturated heterocycles. The third kappa shape index (κ3) is 1.28. The van der Waals surface area contributed by atoms with Gasteiger partial charge in [-0.25, -0.2) is 13.2 Å². The van der Waals surface area contributed by atoms with Gasteiger partial charge in [-0.05, 0) is 0 Å². The Kier molecular flexibility index (Phi) is 2.77. The molecule has 0 aromatic rings. The molecular formula is C5Cl5F3. The van der Waals surface area contributed by atoms with Crippen LogP contribution in [0.25, 0.3) is 0 Å². The first kappa shape index (κ1) is 12.1. The summed E-state index contributed by atoms with van der Waals surface area (Å²) in [5, 5.41) is -12.9. The molecule has 1 aliphatic carbocycles. The zero-order chi connectivity index (χ0) is 10.7. The minimum atomic E-state index is -3.74. The molecule has 1 rings (SSSR count). The molecule has 0 fully saturated rings. The first-order valence-corrected chi connectivity index (χ1v) is 4.65. The fraction of sp³-hybridized carbons (Fsp3) is 0.600. The summed E-state index contributed by atoms with van der Waals surface area (Å²) in [7, 11) is 0. The van der Waals surface area contributed by atoms with Crippen molar-refractivity contribution >= 4 is 58.0 Å². The summed E-state index contributed by atoms with van der Waals surface area (Å²) < 4.78 is 39.6. The number of hydrogen-bond acceptors (Lipinski definition) is 0. The molecule has 0 N–H and O–H groups in total. The van der Waals surface area contributed by atoms with Crippen LogP contribution in [0.4, 0.5) is 13.2 Å². The van der Waals surface area contributed by atoms with Crippen molar-refractivity contribution in [2.45, 2.75) is 15.4 Å². The van der Waals surface area contributed by atoms with E-state index < -0.39 is 25.4 Å². The highest BCUT2D eigenvalue weighted by molar-refractivity contribution is 6.54. The molecule has 0 radical (unpaired) electrons. The molecule has 8 heteroatoms. The smallest absolute Gasteiger partial charge is 0.215 e. The highest BCUT2D eigenvalue weighted by atomic mass is 35.5. The number of allylic oxidation sites excluding steroid dienone is 2. The fourth-order valence-corrected chi connectivity index (χ4v) is 2.15. The van der Waals surface area contributed by atoms with Crippen LogP contribution >= 0.6 is 58.0 Å². The number of alkyl halides is 6. The average Bonchev–Trinajstić information content (AvgIpc) is 2.05. The van der Waals surface area contributed by atoms with E-state index in [0.29, 0.717) is 0 Å². The van der Waals surface area contributed by atoms with E-state index in [4.69, 9.17) is 58.0 Å². The maximum absolute atomic E-state index is 13.2. The van der Waals surface area contributed by atoms with Crippen LogP contribution in [0.15, 0.2) is 10.1 Å². The zero-order valence-corrected chi connectivity index (χ0v) is 9.30. The SMILES string of the molecule is FC1(Cl)C(Cl)=C(Cl)C(F)(Cl)C1(F)Cl. The Bertz CT molecular complexity index is 256. The van der Waals surface area contributed by atoms with Gasteiger partial charge in [0, 0.05) is 0 Å². The zero-order valence-electron chi connectivity index (χ0n) is 5.52. The van der Waals surface area contributed by atoms with Crippen LogP contribution in [0.2, 0.25) is 0 Å². The Hall–Kier alpha value is 0.980. The van der Waals surface area contributed by atoms with Crippen molar-refractivity contribution in [3.05, 3.63) is 10.1 Å². The van der Waals surface area contributed by atoms with E-state index in [1.54, 1.807) is 0 Å². The lowest BCUT2D eigenvalue weighted by molar-refractivity contribution is 0.0605. The summed E-state index contributed by atoms with van der Waals surface area (Å²) >= 11 is 24.9. The van der Waals surface area contributed by atoms with Crippen molar-refractivity contribution < 1.29 is 13.2 Å². The van der Waals surface area contributed by atoms with E-state index in [-0.39, 0.29) is 0 Å². The molecule has 0 aromatic carbocycles. The summed E-state index contributed by atoms with van der Waals surface area (Å²) in [5.41, 5.74) is 0. The molecule has 0 heterocycles. The third-order valence-corrected chi connectivity index (χ3v) is 4.33. The second-order valence-corrected chi connectivity index (χ2v) is 4.67. The molecule has 0 spiro atoms. The molecule has 2 unspecified atom stereocenters. The quantitative estimate of drug-likeness (QED) is 0.581. The van der Waals surface area contributed by atoms with Gasteiger partial charge in [0.1, 0.15) is 0 Å². The van der Waals surface area contributed by atoms with Gasteiger partial charge in [0.15, 0.2) is 0 Å². The van der Waals surface area contributed by atoms with Crippen LogP contribution in [0.5, 0.6) is 0 Å². The van der Waals surface area contributed by atoms with E-state index in [0.717, 1.165) is 0 Å². The molecule has 1 aliphatic rings. The predicted molar refractivity (Wildman–Crippen MR) is 47.8 cm³/mol. The predicted octanol–water partition coefficient (Wildman–Crippen LogP) is 4.40. The summed E-state index contributed by atoms with van der Waals surface area (Å²) in [6, 6.07) is 0. The molecule has 0 aromatic heterocycles. The van der Waals surface area contributed by atoms with Gasteiger partial charge in [0.25, 0.3) is 15.4 Å². The van der Waals surface area contributed by atoms with Gasteiger partial charge in [-0.15, -0.1) is 0 Å². The molecule has 13 heavy (non-hydrogen) atoms. The van der Waals surface area contributed by atoms with E-state index in [1.165, 1.54) is 0 Å². The monoisotopic (exact) mass is 292 g/mol. The summed E-state index contributed by atoms with van der Waals surface area (Å²) in [4.78, 5) is 0. The molecule has 76 valence electrons. The largest absolute Gasteiger partial charge is 0.289 e. The lowest BCUT2D eigenvalue weighted by Crippen LogP contribution is -2.46. The van der Waals surface area contributed by atoms with Crippen molar-refractivity contribution in [2.75, 3.05) is 0 Å². The lowest BCUT2D eigenvalue weighted by Gasteiger charge is -2.28. The second-order valence-electron chi connectivity index (χ2n) is 2.35. The highest BCUT2D eigenvalue weighted by Gasteiger charge is 2.74. The molecule has 0 saturated carbocycles. The van der Waals surface area contributed by atoms with Crippen LogP contribution in [0.1, 0.15) is 0 Å². The van der Waals surface area contributed by atoms with Gasteiger partial charge < -0.3 is 0 Å². The maximum atomic E-state index is 13.2. The Labute approximate surface area is 96.5 Å². The van der Waals surface area contributed by atoms with Crippen molar-refractivity contribution in [1.29, 1.82) is 0 Å². The molecule has 0 bridgehead atoms. The van der Waals surface area contributed by atoms with Crippen LogP contribution in [-0.4, -0.2) is 15.4 Å². The van der Waals surface area contributed by atoms with E-state index in [1.807, 2.05) is 0 Å². The fourth-order valence-electron chi connectivity index (χ4n) is 0.749. The molecular weight excluding hydrogens is 294 g/mol. The minimum absolute atomic E-state index is 1.09. The van der Waals surface area contributed by atoms with Crippen molar-refractivity contribution in [1.82, 2.24) is 0 Å². The van der Waals surface area contributed by atoms with Gasteiger partial charge in [-0.2, -0.15) is 0 Å². The van der Waals surface area contributed by atoms with E-state index in [9.17, 15) is 13.2 Å². The Morgan fingerprint density at radius 1 is 0.769 bits per heavy atom. The minimum Gasteiger partial charge on any atom is -0.215 e. The Morgan fingerprint density at radius 2 is 1.00 bits per heavy atom. The van der Waals surface area contributed by atoms with Crippen LogP contribution < -0.4 is 0 Å². The molecule has 0 aliphatic heterocycles. The molecule has 2 atom stereocenters. The second kappa shape index (κ2) is 2.99. The average molecular weight is 294 g/mol. The Balaban J connectivity index is 3.39. The number of rotatable bonds is 0. The van der Waals surface area contributed by atoms with Gasteiger partial charge in [-0.3, -0.25) is 0 Å². The first-order valence-electron chi connectivity index (χ1n) is 2.76. The van der Waals surface area contributed by atoms with Crippen molar-refractivity contribution in [3.63, 3.8) is 0 Å². The number of halogens is 8. The van der Waals surface area contributed by atoms with Gasteiger partial charge in [-0.1, -0.05) is 58.0 Å². The topological polar surface area (TPSA) is 0 Å². The molecule has 0 nitrogen and oxygen atoms in total. The summed E-state index contributed by atoms with van der Waals surface area (Å²) in [6.45, 7) is 0. The van der Waals surface area contributed by atoms with Crippen LogP contribution in [0, 0.1) is 0 Å². The molecule has 0 amide bonds. The first-order chi connectivity index (χ1) is 5.57. The van der Waals surface area contributed by atoms with E-state index >= 15 is 0 Å². The summed E-state index contributed by atoms with van der Waals surface area (Å²) in [6.07, 6.45) is 0. The van der Waals surface area contributed by atoms with Crippen LogP contribution in [-0.2, 0) is 0 Å². The van der Waals surface area contributed by atoms with Gasteiger partial charge in [0.2, 0.25) is 0 Å². The third-order valence-electron chi connectivity index (χ3n) is 1.53. The standard InChI is InChI=1S/C5Cl5F3/c6-1-2(7)4(9,12)5(10,13)3(1,8)11. The highest BCUT2D eigenvalue weighted by Crippen LogP contribution is 2.64. The van der Waals surface area contributed by atoms with Gasteiger partial charge >= 0.3 is 0 Å². The van der Waals surface area contributed by atoms with Crippen molar-refractivity contribution in [3.8, 4) is 0 Å². The van der Waals surface area contributed by atoms with E-state index in [2.05, 4.69) is 0 Å². The maximum Gasteiger partial charge on any atom is 0.289 e. The van der Waals surface area contributed by atoms with Crippen molar-refractivity contribution in [2.24, 2.45) is 0 Å². The normalized spacial score (nSPS) is 51.7.